The van der Waals surface area contributed by atoms with Gasteiger partial charge < -0.3 is 15.7 Å². The molecule has 3 N–H and O–H groups in total. The number of nitrogens with one attached hydrogen (secondary N) is 2. The molecule has 2 atom stereocenters. The van der Waals surface area contributed by atoms with Gasteiger partial charge in [-0.05, 0) is 38.8 Å². The Balaban J connectivity index is 2.26. The highest BCUT2D eigenvalue weighted by atomic mass is 16.3. The van der Waals surface area contributed by atoms with E-state index < -0.39 is 6.10 Å². The maximum atomic E-state index is 12.1. The lowest BCUT2D eigenvalue weighted by atomic mass is 9.73. The Morgan fingerprint density at radius 1 is 1.12 bits per heavy atom. The summed E-state index contributed by atoms with van der Waals surface area (Å²) >= 11 is 0. The summed E-state index contributed by atoms with van der Waals surface area (Å²) in [6, 6.07) is -0.196. The number of amides is 2. The van der Waals surface area contributed by atoms with Crippen LogP contribution in [0.3, 0.4) is 0 Å². The lowest BCUT2D eigenvalue weighted by Gasteiger charge is -2.33. The summed E-state index contributed by atoms with van der Waals surface area (Å²) in [6.07, 6.45) is 6.32. The van der Waals surface area contributed by atoms with E-state index in [-0.39, 0.29) is 36.4 Å². The molecule has 2 unspecified atom stereocenters. The van der Waals surface area contributed by atoms with Gasteiger partial charge in [0.15, 0.2) is 0 Å². The first kappa shape index (κ1) is 20.9. The maximum Gasteiger partial charge on any atom is 0.237 e. The van der Waals surface area contributed by atoms with Gasteiger partial charge in [-0.25, -0.2) is 0 Å². The minimum Gasteiger partial charge on any atom is -0.389 e. The second-order valence-electron chi connectivity index (χ2n) is 7.64. The van der Waals surface area contributed by atoms with E-state index in [9.17, 15) is 14.7 Å². The number of aliphatic hydroxyl groups is 1. The van der Waals surface area contributed by atoms with Gasteiger partial charge in [0.25, 0.3) is 0 Å². The van der Waals surface area contributed by atoms with Gasteiger partial charge in [-0.2, -0.15) is 0 Å². The van der Waals surface area contributed by atoms with Crippen molar-refractivity contribution in [3.8, 4) is 0 Å². The van der Waals surface area contributed by atoms with Crippen LogP contribution in [0.15, 0.2) is 0 Å². The predicted molar refractivity (Wildman–Crippen MR) is 95.6 cm³/mol. The minimum atomic E-state index is -0.767. The predicted octanol–water partition coefficient (Wildman–Crippen LogP) is 1.28. The summed E-state index contributed by atoms with van der Waals surface area (Å²) in [4.78, 5) is 26.0. The van der Waals surface area contributed by atoms with Crippen molar-refractivity contribution < 1.29 is 14.7 Å². The SMILES string of the molecule is CCC(C(=O)NCC(O)CNC(=O)CC1(C)CCCCC1)N(C)C. The second kappa shape index (κ2) is 9.99. The fourth-order valence-electron chi connectivity index (χ4n) is 3.46. The van der Waals surface area contributed by atoms with Gasteiger partial charge in [-0.15, -0.1) is 0 Å². The molecule has 2 amide bonds. The van der Waals surface area contributed by atoms with E-state index in [4.69, 9.17) is 0 Å². The Bertz CT molecular complexity index is 406. The summed E-state index contributed by atoms with van der Waals surface area (Å²) in [5.41, 5.74) is 0.0988. The van der Waals surface area contributed by atoms with Crippen LogP contribution in [0, 0.1) is 5.41 Å². The molecule has 0 saturated heterocycles. The number of likely N-dealkylation sites (N-methyl/N-ethyl adjacent to an activating group) is 1. The molecule has 1 fully saturated rings. The van der Waals surface area contributed by atoms with Crippen LogP contribution in [0.25, 0.3) is 0 Å². The van der Waals surface area contributed by atoms with Crippen LogP contribution in [0.2, 0.25) is 0 Å². The number of nitrogens with zero attached hydrogens (tertiary/aromatic N) is 1. The summed E-state index contributed by atoms with van der Waals surface area (Å²) in [5.74, 6) is -0.105. The van der Waals surface area contributed by atoms with Crippen molar-refractivity contribution in [3.05, 3.63) is 0 Å². The van der Waals surface area contributed by atoms with Gasteiger partial charge in [0, 0.05) is 19.5 Å². The summed E-state index contributed by atoms with van der Waals surface area (Å²) in [7, 11) is 3.71. The molecule has 140 valence electrons. The first-order valence-electron chi connectivity index (χ1n) is 9.16. The molecule has 1 aliphatic carbocycles. The van der Waals surface area contributed by atoms with E-state index in [2.05, 4.69) is 17.6 Å². The normalized spacial score (nSPS) is 19.6. The topological polar surface area (TPSA) is 81.7 Å². The zero-order valence-corrected chi connectivity index (χ0v) is 15.7. The number of hydrogen-bond donors (Lipinski definition) is 3. The van der Waals surface area contributed by atoms with Crippen molar-refractivity contribution in [1.82, 2.24) is 15.5 Å². The standard InChI is InChI=1S/C18H35N3O3/c1-5-15(21(3)4)17(24)20-13-14(22)12-19-16(23)11-18(2)9-7-6-8-10-18/h14-15,22H,5-13H2,1-4H3,(H,19,23)(H,20,24). The minimum absolute atomic E-state index is 0.00972. The van der Waals surface area contributed by atoms with Gasteiger partial charge in [0.1, 0.15) is 0 Å². The average Bonchev–Trinajstić information content (AvgIpc) is 2.51. The third-order valence-corrected chi connectivity index (χ3v) is 5.01. The Morgan fingerprint density at radius 3 is 2.25 bits per heavy atom. The first-order valence-corrected chi connectivity index (χ1v) is 9.16. The van der Waals surface area contributed by atoms with Gasteiger partial charge in [0.2, 0.25) is 11.8 Å². The summed E-state index contributed by atoms with van der Waals surface area (Å²) in [5, 5.41) is 15.5. The third-order valence-electron chi connectivity index (χ3n) is 5.01. The van der Waals surface area contributed by atoms with Crippen LogP contribution in [-0.2, 0) is 9.59 Å². The van der Waals surface area contributed by atoms with Crippen molar-refractivity contribution in [2.75, 3.05) is 27.2 Å². The van der Waals surface area contributed by atoms with Crippen LogP contribution >= 0.6 is 0 Å². The smallest absolute Gasteiger partial charge is 0.237 e. The molecule has 6 nitrogen and oxygen atoms in total. The highest BCUT2D eigenvalue weighted by Crippen LogP contribution is 2.38. The van der Waals surface area contributed by atoms with E-state index in [1.807, 2.05) is 25.9 Å². The van der Waals surface area contributed by atoms with Crippen molar-refractivity contribution in [3.63, 3.8) is 0 Å². The molecule has 1 aliphatic rings. The van der Waals surface area contributed by atoms with E-state index in [0.29, 0.717) is 12.8 Å². The molecule has 0 radical (unpaired) electrons. The fourth-order valence-corrected chi connectivity index (χ4v) is 3.46. The largest absolute Gasteiger partial charge is 0.389 e. The maximum absolute atomic E-state index is 12.1. The number of carbonyl (C=O) groups is 2. The molecule has 0 aromatic heterocycles. The summed E-state index contributed by atoms with van der Waals surface area (Å²) in [6.45, 7) is 4.45. The van der Waals surface area contributed by atoms with Crippen LogP contribution in [0.1, 0.15) is 58.8 Å². The van der Waals surface area contributed by atoms with Gasteiger partial charge in [-0.1, -0.05) is 33.1 Å². The van der Waals surface area contributed by atoms with E-state index in [0.717, 1.165) is 12.8 Å². The van der Waals surface area contributed by atoms with E-state index in [1.54, 1.807) is 0 Å². The lowest BCUT2D eigenvalue weighted by Crippen LogP contribution is -2.47. The van der Waals surface area contributed by atoms with E-state index in [1.165, 1.54) is 19.3 Å². The molecular weight excluding hydrogens is 306 g/mol. The molecule has 24 heavy (non-hydrogen) atoms. The molecule has 6 heteroatoms. The van der Waals surface area contributed by atoms with Crippen molar-refractivity contribution >= 4 is 11.8 Å². The first-order chi connectivity index (χ1) is 11.3. The zero-order chi connectivity index (χ0) is 18.2. The molecule has 0 bridgehead atoms. The van der Waals surface area contributed by atoms with Crippen molar-refractivity contribution in [2.24, 2.45) is 5.41 Å². The Hall–Kier alpha value is -1.14. The van der Waals surface area contributed by atoms with Gasteiger partial charge in [0.05, 0.1) is 12.1 Å². The number of aliphatic hydroxyl groups excluding tert-OH is 1. The molecule has 0 spiro atoms. The Kier molecular flexibility index (Phi) is 8.70. The van der Waals surface area contributed by atoms with Crippen LogP contribution < -0.4 is 10.6 Å². The van der Waals surface area contributed by atoms with Gasteiger partial charge in [-0.3, -0.25) is 14.5 Å². The highest BCUT2D eigenvalue weighted by Gasteiger charge is 2.29. The Labute approximate surface area is 146 Å². The Morgan fingerprint density at radius 2 is 1.71 bits per heavy atom. The van der Waals surface area contributed by atoms with Crippen LogP contribution in [-0.4, -0.2) is 61.2 Å². The fraction of sp³-hybridized carbons (Fsp3) is 0.889. The molecule has 0 aromatic rings. The molecule has 1 saturated carbocycles. The second-order valence-corrected chi connectivity index (χ2v) is 7.64. The van der Waals surface area contributed by atoms with Crippen LogP contribution in [0.5, 0.6) is 0 Å². The number of rotatable bonds is 9. The van der Waals surface area contributed by atoms with Crippen LogP contribution in [0.4, 0.5) is 0 Å². The lowest BCUT2D eigenvalue weighted by molar-refractivity contribution is -0.126. The van der Waals surface area contributed by atoms with E-state index >= 15 is 0 Å². The van der Waals surface area contributed by atoms with Gasteiger partial charge >= 0.3 is 0 Å². The van der Waals surface area contributed by atoms with Crippen molar-refractivity contribution in [2.45, 2.75) is 70.9 Å². The summed E-state index contributed by atoms with van der Waals surface area (Å²) < 4.78 is 0. The third kappa shape index (κ3) is 7.18. The quantitative estimate of drug-likeness (QED) is 0.590. The molecule has 0 heterocycles. The molecular formula is C18H35N3O3. The molecule has 0 aromatic carbocycles. The number of hydrogen-bond acceptors (Lipinski definition) is 4. The number of carbonyl (C=O) groups excluding carboxylic acids is 2. The van der Waals surface area contributed by atoms with Crippen molar-refractivity contribution in [1.29, 1.82) is 0 Å². The average molecular weight is 341 g/mol. The molecule has 1 rings (SSSR count). The molecule has 0 aliphatic heterocycles. The zero-order valence-electron chi connectivity index (χ0n) is 15.7. The highest BCUT2D eigenvalue weighted by molar-refractivity contribution is 5.81. The monoisotopic (exact) mass is 341 g/mol.